The van der Waals surface area contributed by atoms with Crippen LogP contribution in [0.2, 0.25) is 5.02 Å². The molecule has 1 atom stereocenters. The third kappa shape index (κ3) is 4.79. The summed E-state index contributed by atoms with van der Waals surface area (Å²) >= 11 is 7.56. The van der Waals surface area contributed by atoms with E-state index in [4.69, 9.17) is 16.3 Å². The third-order valence-corrected chi connectivity index (χ3v) is 6.43. The van der Waals surface area contributed by atoms with Crippen LogP contribution in [0.25, 0.3) is 11.4 Å². The number of methoxy groups -OCH3 is 1. The lowest BCUT2D eigenvalue weighted by molar-refractivity contribution is -0.115. The lowest BCUT2D eigenvalue weighted by Gasteiger charge is -2.17. The van der Waals surface area contributed by atoms with Crippen LogP contribution in [0.3, 0.4) is 0 Å². The topological polar surface area (TPSA) is 69.0 Å². The van der Waals surface area contributed by atoms with E-state index in [0.717, 1.165) is 17.0 Å². The number of anilines is 1. The molecule has 4 rings (SSSR count). The molecule has 0 spiro atoms. The number of aromatic nitrogens is 3. The van der Waals surface area contributed by atoms with Gasteiger partial charge in [-0.25, -0.2) is 0 Å². The highest BCUT2D eigenvalue weighted by molar-refractivity contribution is 8.00. The van der Waals surface area contributed by atoms with Crippen LogP contribution >= 0.6 is 23.4 Å². The molecule has 0 aliphatic heterocycles. The summed E-state index contributed by atoms with van der Waals surface area (Å²) in [5.74, 6) is 1.10. The number of rotatable bonds is 7. The SMILES string of the molecule is COc1ccc(NC(=O)C(Sc2nnc(-c3ccccc3)n2C)c2ccccc2)cc1Cl. The van der Waals surface area contributed by atoms with Gasteiger partial charge in [0, 0.05) is 18.3 Å². The minimum absolute atomic E-state index is 0.188. The molecule has 1 N–H and O–H groups in total. The maximum Gasteiger partial charge on any atom is 0.242 e. The van der Waals surface area contributed by atoms with Gasteiger partial charge < -0.3 is 14.6 Å². The lowest BCUT2D eigenvalue weighted by atomic mass is 10.1. The first-order valence-electron chi connectivity index (χ1n) is 9.87. The van der Waals surface area contributed by atoms with Gasteiger partial charge in [0.05, 0.1) is 12.1 Å². The van der Waals surface area contributed by atoms with Crippen LogP contribution in [0.4, 0.5) is 5.69 Å². The summed E-state index contributed by atoms with van der Waals surface area (Å²) in [5.41, 5.74) is 2.41. The zero-order chi connectivity index (χ0) is 22.5. The molecule has 1 unspecified atom stereocenters. The summed E-state index contributed by atoms with van der Waals surface area (Å²) in [6.07, 6.45) is 0. The molecule has 0 bridgehead atoms. The van der Waals surface area contributed by atoms with E-state index in [0.29, 0.717) is 21.6 Å². The average Bonchev–Trinajstić information content (AvgIpc) is 3.18. The molecule has 162 valence electrons. The van der Waals surface area contributed by atoms with Crippen molar-refractivity contribution in [2.75, 3.05) is 12.4 Å². The van der Waals surface area contributed by atoms with Crippen LogP contribution in [0, 0.1) is 0 Å². The van der Waals surface area contributed by atoms with E-state index < -0.39 is 5.25 Å². The monoisotopic (exact) mass is 464 g/mol. The minimum Gasteiger partial charge on any atom is -0.495 e. The molecule has 0 aliphatic rings. The Bertz CT molecular complexity index is 1220. The number of nitrogens with one attached hydrogen (secondary N) is 1. The summed E-state index contributed by atoms with van der Waals surface area (Å²) in [6, 6.07) is 24.6. The first kappa shape index (κ1) is 21.9. The van der Waals surface area contributed by atoms with Crippen molar-refractivity contribution in [3.05, 3.63) is 89.4 Å². The van der Waals surface area contributed by atoms with Gasteiger partial charge in [0.25, 0.3) is 0 Å². The van der Waals surface area contributed by atoms with E-state index in [-0.39, 0.29) is 5.91 Å². The molecule has 1 amide bonds. The van der Waals surface area contributed by atoms with Gasteiger partial charge in [-0.15, -0.1) is 10.2 Å². The zero-order valence-electron chi connectivity index (χ0n) is 17.5. The van der Waals surface area contributed by atoms with Crippen LogP contribution in [-0.4, -0.2) is 27.8 Å². The van der Waals surface area contributed by atoms with Gasteiger partial charge in [-0.1, -0.05) is 84.0 Å². The second-order valence-corrected chi connectivity index (χ2v) is 8.46. The molecule has 0 aliphatic carbocycles. The van der Waals surface area contributed by atoms with E-state index >= 15 is 0 Å². The Labute approximate surface area is 195 Å². The van der Waals surface area contributed by atoms with Gasteiger partial charge in [-0.2, -0.15) is 0 Å². The zero-order valence-corrected chi connectivity index (χ0v) is 19.1. The highest BCUT2D eigenvalue weighted by Gasteiger charge is 2.25. The van der Waals surface area contributed by atoms with Gasteiger partial charge in [-0.3, -0.25) is 4.79 Å². The number of amides is 1. The fourth-order valence-electron chi connectivity index (χ4n) is 3.21. The molecule has 0 saturated heterocycles. The molecule has 0 radical (unpaired) electrons. The standard InChI is InChI=1S/C24H21ClN4O2S/c1-29-22(17-11-7-4-8-12-17)27-28-24(29)32-21(16-9-5-3-6-10-16)23(30)26-18-13-14-20(31-2)19(25)15-18/h3-15,21H,1-2H3,(H,26,30). The number of halogens is 1. The second kappa shape index (κ2) is 9.89. The fraction of sp³-hybridized carbons (Fsp3) is 0.125. The Morgan fingerprint density at radius 3 is 2.38 bits per heavy atom. The van der Waals surface area contributed by atoms with E-state index in [2.05, 4.69) is 15.5 Å². The summed E-state index contributed by atoms with van der Waals surface area (Å²) in [4.78, 5) is 13.3. The Hall–Kier alpha value is -3.29. The van der Waals surface area contributed by atoms with Crippen LogP contribution in [0.5, 0.6) is 5.75 Å². The van der Waals surface area contributed by atoms with Crippen LogP contribution in [-0.2, 0) is 11.8 Å². The lowest BCUT2D eigenvalue weighted by Crippen LogP contribution is -2.19. The average molecular weight is 465 g/mol. The fourth-order valence-corrected chi connectivity index (χ4v) is 4.47. The number of carbonyl (C=O) groups is 1. The third-order valence-electron chi connectivity index (χ3n) is 4.85. The van der Waals surface area contributed by atoms with E-state index in [1.807, 2.05) is 72.3 Å². The largest absolute Gasteiger partial charge is 0.495 e. The highest BCUT2D eigenvalue weighted by atomic mass is 35.5. The Morgan fingerprint density at radius 2 is 1.72 bits per heavy atom. The molecule has 0 fully saturated rings. The molecule has 8 heteroatoms. The molecule has 1 heterocycles. The molecule has 1 aromatic heterocycles. The summed E-state index contributed by atoms with van der Waals surface area (Å²) in [6.45, 7) is 0. The van der Waals surface area contributed by atoms with Gasteiger partial charge in [0.2, 0.25) is 5.91 Å². The van der Waals surface area contributed by atoms with Crippen molar-refractivity contribution in [3.63, 3.8) is 0 Å². The second-order valence-electron chi connectivity index (χ2n) is 6.98. The van der Waals surface area contributed by atoms with Crippen LogP contribution < -0.4 is 10.1 Å². The number of hydrogen-bond donors (Lipinski definition) is 1. The first-order chi connectivity index (χ1) is 15.6. The van der Waals surface area contributed by atoms with Gasteiger partial charge in [-0.05, 0) is 23.8 Å². The number of thioether (sulfide) groups is 1. The highest BCUT2D eigenvalue weighted by Crippen LogP contribution is 2.37. The quantitative estimate of drug-likeness (QED) is 0.360. The summed E-state index contributed by atoms with van der Waals surface area (Å²) < 4.78 is 7.08. The summed E-state index contributed by atoms with van der Waals surface area (Å²) in [7, 11) is 3.44. The van der Waals surface area contributed by atoms with E-state index in [1.165, 1.54) is 11.8 Å². The Kier molecular flexibility index (Phi) is 6.78. The summed E-state index contributed by atoms with van der Waals surface area (Å²) in [5, 5.41) is 12.2. The Balaban J connectivity index is 1.62. The molecule has 3 aromatic carbocycles. The molecule has 6 nitrogen and oxygen atoms in total. The van der Waals surface area contributed by atoms with Crippen LogP contribution in [0.15, 0.2) is 84.0 Å². The molecule has 0 saturated carbocycles. The predicted octanol–water partition coefficient (Wildman–Crippen LogP) is 5.62. The maximum absolute atomic E-state index is 13.3. The van der Waals surface area contributed by atoms with Crippen LogP contribution in [0.1, 0.15) is 10.8 Å². The van der Waals surface area contributed by atoms with Crippen molar-refractivity contribution < 1.29 is 9.53 Å². The first-order valence-corrected chi connectivity index (χ1v) is 11.1. The van der Waals surface area contributed by atoms with Crippen molar-refractivity contribution in [1.82, 2.24) is 14.8 Å². The van der Waals surface area contributed by atoms with Crippen molar-refractivity contribution in [2.45, 2.75) is 10.4 Å². The number of carbonyl (C=O) groups excluding carboxylic acids is 1. The van der Waals surface area contributed by atoms with E-state index in [1.54, 1.807) is 25.3 Å². The smallest absolute Gasteiger partial charge is 0.242 e. The minimum atomic E-state index is -0.538. The molecular formula is C24H21ClN4O2S. The van der Waals surface area contributed by atoms with Crippen molar-refractivity contribution in [3.8, 4) is 17.1 Å². The molecule has 32 heavy (non-hydrogen) atoms. The van der Waals surface area contributed by atoms with E-state index in [9.17, 15) is 4.79 Å². The van der Waals surface area contributed by atoms with Gasteiger partial charge in [0.15, 0.2) is 11.0 Å². The van der Waals surface area contributed by atoms with Crippen molar-refractivity contribution >= 4 is 35.0 Å². The van der Waals surface area contributed by atoms with Crippen molar-refractivity contribution in [2.24, 2.45) is 7.05 Å². The predicted molar refractivity (Wildman–Crippen MR) is 128 cm³/mol. The number of benzene rings is 3. The van der Waals surface area contributed by atoms with Gasteiger partial charge in [0.1, 0.15) is 11.0 Å². The van der Waals surface area contributed by atoms with Crippen molar-refractivity contribution in [1.29, 1.82) is 0 Å². The number of nitrogens with zero attached hydrogens (tertiary/aromatic N) is 3. The van der Waals surface area contributed by atoms with Gasteiger partial charge >= 0.3 is 0 Å². The maximum atomic E-state index is 13.3. The number of ether oxygens (including phenoxy) is 1. The Morgan fingerprint density at radius 1 is 1.03 bits per heavy atom. The molecule has 4 aromatic rings. The number of hydrogen-bond acceptors (Lipinski definition) is 5. The normalized spacial score (nSPS) is 11.7. The molecular weight excluding hydrogens is 444 g/mol.